The summed E-state index contributed by atoms with van der Waals surface area (Å²) in [7, 11) is -4.29. The van der Waals surface area contributed by atoms with Crippen molar-refractivity contribution in [3.63, 3.8) is 0 Å². The molecule has 0 heterocycles. The number of carbonyl (C=O) groups is 2. The molecule has 43 heavy (non-hydrogen) atoms. The number of methoxy groups -OCH3 is 1. The summed E-state index contributed by atoms with van der Waals surface area (Å²) in [5.41, 5.74) is -5.55. The zero-order chi connectivity index (χ0) is 31.1. The molecule has 0 unspecified atom stereocenters. The van der Waals surface area contributed by atoms with Crippen LogP contribution >= 0.6 is 0 Å². The van der Waals surface area contributed by atoms with Crippen molar-refractivity contribution >= 4 is 27.3 Å². The van der Waals surface area contributed by atoms with Gasteiger partial charge in [0.1, 0.15) is 5.75 Å². The minimum atomic E-state index is -5.60. The van der Waals surface area contributed by atoms with Crippen LogP contribution in [0.2, 0.25) is 0 Å². The number of nitrogens with one attached hydrogen (secondary N) is 2. The Morgan fingerprint density at radius 2 is 1.65 bits per heavy atom. The van der Waals surface area contributed by atoms with E-state index < -0.39 is 49.8 Å². The lowest BCUT2D eigenvalue weighted by Gasteiger charge is -2.31. The monoisotopic (exact) mass is 626 g/mol. The van der Waals surface area contributed by atoms with Crippen LogP contribution in [-0.4, -0.2) is 45.0 Å². The molecule has 2 aromatic rings. The number of alkyl halides is 3. The number of hydrogen-bond acceptors (Lipinski definition) is 6. The molecule has 13 heteroatoms. The second kappa shape index (κ2) is 12.0. The molecule has 0 radical (unpaired) electrons. The van der Waals surface area contributed by atoms with Crippen molar-refractivity contribution in [2.75, 3.05) is 12.4 Å². The summed E-state index contributed by atoms with van der Waals surface area (Å²) < 4.78 is 89.0. The van der Waals surface area contributed by atoms with Crippen LogP contribution in [0, 0.1) is 29.5 Å². The Bertz CT molecular complexity index is 1490. The van der Waals surface area contributed by atoms with Gasteiger partial charge in [-0.2, -0.15) is 13.2 Å². The van der Waals surface area contributed by atoms with Gasteiger partial charge >= 0.3 is 5.51 Å². The highest BCUT2D eigenvalue weighted by atomic mass is 32.2. The van der Waals surface area contributed by atoms with E-state index in [9.17, 15) is 35.6 Å². The number of sulfone groups is 1. The van der Waals surface area contributed by atoms with Gasteiger partial charge in [0.25, 0.3) is 15.7 Å². The first-order chi connectivity index (χ1) is 20.3. The van der Waals surface area contributed by atoms with Crippen LogP contribution < -0.4 is 20.1 Å². The summed E-state index contributed by atoms with van der Waals surface area (Å²) in [6.07, 6.45) is 5.49. The van der Waals surface area contributed by atoms with E-state index in [-0.39, 0.29) is 40.7 Å². The van der Waals surface area contributed by atoms with Crippen molar-refractivity contribution in [2.45, 2.75) is 74.4 Å². The largest absolute Gasteiger partial charge is 0.501 e. The molecule has 0 spiro atoms. The summed E-state index contributed by atoms with van der Waals surface area (Å²) in [6, 6.07) is 5.79. The molecule has 2 amide bonds. The first-order valence-electron chi connectivity index (χ1n) is 14.4. The molecule has 3 aliphatic carbocycles. The van der Waals surface area contributed by atoms with Crippen molar-refractivity contribution in [1.29, 1.82) is 0 Å². The van der Waals surface area contributed by atoms with Gasteiger partial charge in [0.15, 0.2) is 11.6 Å². The van der Waals surface area contributed by atoms with E-state index in [4.69, 9.17) is 9.47 Å². The fraction of sp³-hybridized carbons (Fsp3) is 0.533. The second-order valence-corrected chi connectivity index (χ2v) is 13.7. The highest BCUT2D eigenvalue weighted by Crippen LogP contribution is 2.49. The predicted octanol–water partition coefficient (Wildman–Crippen LogP) is 5.87. The summed E-state index contributed by atoms with van der Waals surface area (Å²) in [5, 5.41) is 5.47. The van der Waals surface area contributed by atoms with Crippen LogP contribution in [0.5, 0.6) is 11.5 Å². The van der Waals surface area contributed by atoms with Crippen LogP contribution in [0.25, 0.3) is 0 Å². The SMILES string of the molecule is COc1cc(F)c(OC2CCC(C)CC2)cc1C(=O)N[C@@H]1[C@@H]2CC[C@@H](C2)[C@@H]1C(=O)Nc1cccc(S(=O)(=O)C(F)(F)F)c1. The number of anilines is 1. The molecule has 3 fully saturated rings. The number of hydrogen-bond donors (Lipinski definition) is 2. The Hall–Kier alpha value is -3.35. The van der Waals surface area contributed by atoms with Crippen molar-refractivity contribution in [1.82, 2.24) is 5.32 Å². The lowest BCUT2D eigenvalue weighted by atomic mass is 9.83. The van der Waals surface area contributed by atoms with Crippen LogP contribution in [0.4, 0.5) is 23.2 Å². The molecule has 234 valence electrons. The molecule has 4 atom stereocenters. The summed E-state index contributed by atoms with van der Waals surface area (Å²) in [6.45, 7) is 2.16. The molecule has 8 nitrogen and oxygen atoms in total. The Morgan fingerprint density at radius 3 is 2.33 bits per heavy atom. The first-order valence-corrected chi connectivity index (χ1v) is 15.8. The smallest absolute Gasteiger partial charge is 0.496 e. The number of carbonyl (C=O) groups excluding carboxylic acids is 2. The minimum absolute atomic E-state index is 0.00598. The fourth-order valence-corrected chi connectivity index (χ4v) is 7.51. The predicted molar refractivity (Wildman–Crippen MR) is 149 cm³/mol. The molecule has 2 bridgehead atoms. The lowest BCUT2D eigenvalue weighted by Crippen LogP contribution is -2.48. The van der Waals surface area contributed by atoms with Crippen molar-refractivity contribution in [3.05, 3.63) is 47.8 Å². The van der Waals surface area contributed by atoms with Gasteiger partial charge in [-0.05, 0) is 87.0 Å². The van der Waals surface area contributed by atoms with E-state index in [2.05, 4.69) is 17.6 Å². The summed E-state index contributed by atoms with van der Waals surface area (Å²) in [5.74, 6) is -2.06. The minimum Gasteiger partial charge on any atom is -0.496 e. The van der Waals surface area contributed by atoms with E-state index in [1.807, 2.05) is 0 Å². The molecule has 0 aromatic heterocycles. The van der Waals surface area contributed by atoms with Crippen LogP contribution in [0.3, 0.4) is 0 Å². The number of rotatable bonds is 8. The van der Waals surface area contributed by atoms with Crippen LogP contribution in [-0.2, 0) is 14.6 Å². The standard InChI is InChI=1S/C30H34F4N2O6S/c1-16-6-10-20(11-7-16)42-25-14-22(24(41-2)15-23(25)31)28(37)36-27-18-9-8-17(12-18)26(27)29(38)35-19-4-3-5-21(13-19)43(39,40)30(32,33)34/h3-5,13-18,20,26-27H,6-12H2,1-2H3,(H,35,38)(H,36,37)/t16?,17-,18+,20?,26-,27+/m0/s1. The van der Waals surface area contributed by atoms with Crippen LogP contribution in [0.1, 0.15) is 62.2 Å². The van der Waals surface area contributed by atoms with Gasteiger partial charge in [0.2, 0.25) is 5.91 Å². The molecule has 2 N–H and O–H groups in total. The van der Waals surface area contributed by atoms with Gasteiger partial charge in [-0.15, -0.1) is 0 Å². The van der Waals surface area contributed by atoms with Crippen molar-refractivity contribution in [2.24, 2.45) is 23.7 Å². The molecule has 3 aliphatic rings. The maximum Gasteiger partial charge on any atom is 0.501 e. The molecule has 2 aromatic carbocycles. The van der Waals surface area contributed by atoms with Crippen molar-refractivity contribution in [3.8, 4) is 11.5 Å². The third-order valence-corrected chi connectivity index (χ3v) is 10.5. The normalized spacial score (nSPS) is 27.0. The van der Waals surface area contributed by atoms with E-state index in [1.165, 1.54) is 19.2 Å². The number of ether oxygens (including phenoxy) is 2. The highest BCUT2D eigenvalue weighted by Gasteiger charge is 2.52. The summed E-state index contributed by atoms with van der Waals surface area (Å²) in [4.78, 5) is 26.0. The number of amides is 2. The van der Waals surface area contributed by atoms with Gasteiger partial charge in [-0.25, -0.2) is 12.8 Å². The van der Waals surface area contributed by atoms with Gasteiger partial charge in [-0.1, -0.05) is 13.0 Å². The molecular formula is C30H34F4N2O6S. The van der Waals surface area contributed by atoms with E-state index in [1.54, 1.807) is 0 Å². The Morgan fingerprint density at radius 1 is 0.953 bits per heavy atom. The third kappa shape index (κ3) is 6.32. The molecule has 0 aliphatic heterocycles. The number of benzene rings is 2. The third-order valence-electron chi connectivity index (χ3n) is 8.99. The zero-order valence-corrected chi connectivity index (χ0v) is 24.6. The summed E-state index contributed by atoms with van der Waals surface area (Å²) >= 11 is 0. The Kier molecular flexibility index (Phi) is 8.65. The fourth-order valence-electron chi connectivity index (χ4n) is 6.70. The number of fused-ring (bicyclic) bond motifs is 2. The average Bonchev–Trinajstić information content (AvgIpc) is 3.56. The maximum atomic E-state index is 14.9. The molecular weight excluding hydrogens is 592 g/mol. The van der Waals surface area contributed by atoms with E-state index in [0.29, 0.717) is 12.3 Å². The van der Waals surface area contributed by atoms with Crippen LogP contribution in [0.15, 0.2) is 41.3 Å². The first kappa shape index (κ1) is 31.1. The quantitative estimate of drug-likeness (QED) is 0.355. The number of halogens is 4. The van der Waals surface area contributed by atoms with Gasteiger partial charge in [0.05, 0.1) is 29.6 Å². The molecule has 0 saturated heterocycles. The highest BCUT2D eigenvalue weighted by molar-refractivity contribution is 7.92. The van der Waals surface area contributed by atoms with E-state index in [0.717, 1.165) is 62.8 Å². The Labute approximate surface area is 247 Å². The van der Waals surface area contributed by atoms with Gasteiger partial charge < -0.3 is 20.1 Å². The molecule has 3 saturated carbocycles. The average molecular weight is 627 g/mol. The second-order valence-electron chi connectivity index (χ2n) is 11.8. The lowest BCUT2D eigenvalue weighted by molar-refractivity contribution is -0.122. The zero-order valence-electron chi connectivity index (χ0n) is 23.7. The van der Waals surface area contributed by atoms with E-state index >= 15 is 0 Å². The van der Waals surface area contributed by atoms with Gasteiger partial charge in [0, 0.05) is 17.8 Å². The van der Waals surface area contributed by atoms with Gasteiger partial charge in [-0.3, -0.25) is 9.59 Å². The topological polar surface area (TPSA) is 111 Å². The molecule has 5 rings (SSSR count). The van der Waals surface area contributed by atoms with Crippen molar-refractivity contribution < 1.29 is 45.0 Å². The maximum absolute atomic E-state index is 14.9. The Balaban J connectivity index is 1.34.